The predicted molar refractivity (Wildman–Crippen MR) is 76.0 cm³/mol. The Balaban J connectivity index is 1.77. The third kappa shape index (κ3) is 3.93. The summed E-state index contributed by atoms with van der Waals surface area (Å²) in [5.41, 5.74) is 1.87. The molecule has 20 heavy (non-hydrogen) atoms. The van der Waals surface area contributed by atoms with Gasteiger partial charge in [-0.25, -0.2) is 0 Å². The van der Waals surface area contributed by atoms with Gasteiger partial charge in [0.05, 0.1) is 6.10 Å². The van der Waals surface area contributed by atoms with Crippen molar-refractivity contribution in [3.63, 3.8) is 0 Å². The molecule has 1 heterocycles. The van der Waals surface area contributed by atoms with Crippen LogP contribution in [0.15, 0.2) is 42.7 Å². The molecule has 1 aromatic carbocycles. The van der Waals surface area contributed by atoms with Gasteiger partial charge in [0.25, 0.3) is 0 Å². The van der Waals surface area contributed by atoms with Crippen LogP contribution in [0.1, 0.15) is 23.7 Å². The van der Waals surface area contributed by atoms with Gasteiger partial charge < -0.3 is 10.4 Å². The van der Waals surface area contributed by atoms with Gasteiger partial charge >= 0.3 is 0 Å². The van der Waals surface area contributed by atoms with E-state index in [1.165, 1.54) is 0 Å². The molecule has 0 aliphatic heterocycles. The number of aromatic nitrogens is 2. The summed E-state index contributed by atoms with van der Waals surface area (Å²) in [6.45, 7) is 2.71. The lowest BCUT2D eigenvalue weighted by atomic mass is 10.0. The van der Waals surface area contributed by atoms with Crippen molar-refractivity contribution in [2.45, 2.75) is 26.0 Å². The third-order valence-corrected chi connectivity index (χ3v) is 3.17. The van der Waals surface area contributed by atoms with Crippen LogP contribution >= 0.6 is 0 Å². The van der Waals surface area contributed by atoms with Crippen molar-refractivity contribution in [1.29, 1.82) is 0 Å². The highest BCUT2D eigenvalue weighted by atomic mass is 16.3. The van der Waals surface area contributed by atoms with Crippen molar-refractivity contribution in [2.75, 3.05) is 6.54 Å². The van der Waals surface area contributed by atoms with E-state index in [4.69, 9.17) is 0 Å². The number of benzene rings is 1. The first kappa shape index (κ1) is 14.3. The van der Waals surface area contributed by atoms with Crippen LogP contribution in [0.25, 0.3) is 0 Å². The van der Waals surface area contributed by atoms with Crippen LogP contribution in [0.2, 0.25) is 0 Å². The zero-order valence-electron chi connectivity index (χ0n) is 11.5. The summed E-state index contributed by atoms with van der Waals surface area (Å²) in [6.07, 6.45) is 3.17. The van der Waals surface area contributed by atoms with Crippen molar-refractivity contribution in [1.82, 2.24) is 15.1 Å². The van der Waals surface area contributed by atoms with E-state index in [1.807, 2.05) is 43.5 Å². The Morgan fingerprint density at radius 2 is 2.20 bits per heavy atom. The molecule has 0 saturated carbocycles. The maximum atomic E-state index is 11.7. The average molecular weight is 273 g/mol. The zero-order chi connectivity index (χ0) is 14.4. The normalized spacial score (nSPS) is 12.1. The Kier molecular flexibility index (Phi) is 4.90. The smallest absolute Gasteiger partial charge is 0.221 e. The summed E-state index contributed by atoms with van der Waals surface area (Å²) < 4.78 is 1.71. The summed E-state index contributed by atoms with van der Waals surface area (Å²) in [5.74, 6) is -0.0897. The lowest BCUT2D eigenvalue weighted by Crippen LogP contribution is -2.29. The number of hydrogen-bond acceptors (Lipinski definition) is 3. The molecule has 0 saturated heterocycles. The topological polar surface area (TPSA) is 67.2 Å². The van der Waals surface area contributed by atoms with Crippen molar-refractivity contribution < 1.29 is 9.90 Å². The monoisotopic (exact) mass is 273 g/mol. The Hall–Kier alpha value is -2.14. The number of carbonyl (C=O) groups excluding carboxylic acids is 1. The van der Waals surface area contributed by atoms with Gasteiger partial charge in [-0.05, 0) is 24.1 Å². The molecule has 0 bridgehead atoms. The summed E-state index contributed by atoms with van der Waals surface area (Å²) in [4.78, 5) is 11.7. The number of aliphatic hydroxyl groups excluding tert-OH is 1. The molecular weight excluding hydrogens is 254 g/mol. The van der Waals surface area contributed by atoms with Crippen molar-refractivity contribution in [3.05, 3.63) is 53.9 Å². The first-order valence-corrected chi connectivity index (χ1v) is 6.64. The van der Waals surface area contributed by atoms with Crippen LogP contribution in [-0.4, -0.2) is 27.3 Å². The van der Waals surface area contributed by atoms with E-state index in [9.17, 15) is 9.90 Å². The molecule has 5 heteroatoms. The fraction of sp³-hybridized carbons (Fsp3) is 0.333. The van der Waals surface area contributed by atoms with E-state index in [0.717, 1.165) is 11.1 Å². The van der Waals surface area contributed by atoms with Gasteiger partial charge in [-0.3, -0.25) is 9.48 Å². The second-order valence-electron chi connectivity index (χ2n) is 4.70. The molecule has 1 unspecified atom stereocenters. The van der Waals surface area contributed by atoms with Crippen molar-refractivity contribution >= 4 is 5.91 Å². The Morgan fingerprint density at radius 1 is 1.40 bits per heavy atom. The van der Waals surface area contributed by atoms with Gasteiger partial charge in [-0.1, -0.05) is 24.3 Å². The average Bonchev–Trinajstić information content (AvgIpc) is 2.96. The first-order valence-electron chi connectivity index (χ1n) is 6.64. The highest BCUT2D eigenvalue weighted by molar-refractivity contribution is 5.75. The van der Waals surface area contributed by atoms with E-state index in [1.54, 1.807) is 10.9 Å². The van der Waals surface area contributed by atoms with E-state index in [2.05, 4.69) is 10.4 Å². The molecule has 106 valence electrons. The highest BCUT2D eigenvalue weighted by Crippen LogP contribution is 2.16. The molecule has 1 atom stereocenters. The summed E-state index contributed by atoms with van der Waals surface area (Å²) >= 11 is 0. The predicted octanol–water partition coefficient (Wildman–Crippen LogP) is 1.43. The van der Waals surface area contributed by atoms with E-state index < -0.39 is 6.10 Å². The number of nitrogens with one attached hydrogen (secondary N) is 1. The summed E-state index contributed by atoms with van der Waals surface area (Å²) in [6, 6.07) is 9.44. The largest absolute Gasteiger partial charge is 0.387 e. The van der Waals surface area contributed by atoms with Crippen LogP contribution in [0.5, 0.6) is 0 Å². The number of aliphatic hydroxyl groups is 1. The summed E-state index contributed by atoms with van der Waals surface area (Å²) in [7, 11) is 0. The highest BCUT2D eigenvalue weighted by Gasteiger charge is 2.11. The molecule has 0 aliphatic rings. The SMILES string of the molecule is Cc1ccccc1C(O)CNC(=O)CCn1cccn1. The van der Waals surface area contributed by atoms with Crippen LogP contribution in [-0.2, 0) is 11.3 Å². The standard InChI is InChI=1S/C15H19N3O2/c1-12-5-2-3-6-13(12)14(19)11-16-15(20)7-10-18-9-4-8-17-18/h2-6,8-9,14,19H,7,10-11H2,1H3,(H,16,20). The lowest BCUT2D eigenvalue weighted by Gasteiger charge is -2.14. The number of nitrogens with zero attached hydrogens (tertiary/aromatic N) is 2. The van der Waals surface area contributed by atoms with E-state index >= 15 is 0 Å². The number of aryl methyl sites for hydroxylation is 2. The molecule has 0 fully saturated rings. The Morgan fingerprint density at radius 3 is 2.90 bits per heavy atom. The second-order valence-corrected chi connectivity index (χ2v) is 4.70. The molecule has 1 aromatic heterocycles. The molecule has 2 rings (SSSR count). The Labute approximate surface area is 118 Å². The first-order chi connectivity index (χ1) is 9.66. The number of hydrogen-bond donors (Lipinski definition) is 2. The van der Waals surface area contributed by atoms with Gasteiger partial charge in [0, 0.05) is 31.9 Å². The molecule has 2 N–H and O–H groups in total. The molecule has 0 radical (unpaired) electrons. The second kappa shape index (κ2) is 6.86. The lowest BCUT2D eigenvalue weighted by molar-refractivity contribution is -0.121. The van der Waals surface area contributed by atoms with E-state index in [0.29, 0.717) is 13.0 Å². The Bertz CT molecular complexity index is 552. The van der Waals surface area contributed by atoms with Gasteiger partial charge in [0.2, 0.25) is 5.91 Å². The van der Waals surface area contributed by atoms with Gasteiger partial charge in [0.1, 0.15) is 0 Å². The maximum Gasteiger partial charge on any atom is 0.221 e. The number of rotatable bonds is 6. The molecule has 5 nitrogen and oxygen atoms in total. The third-order valence-electron chi connectivity index (χ3n) is 3.17. The van der Waals surface area contributed by atoms with Gasteiger partial charge in [-0.2, -0.15) is 5.10 Å². The van der Waals surface area contributed by atoms with Crippen LogP contribution < -0.4 is 5.32 Å². The zero-order valence-corrected chi connectivity index (χ0v) is 11.5. The minimum atomic E-state index is -0.676. The fourth-order valence-corrected chi connectivity index (χ4v) is 2.02. The molecule has 0 spiro atoms. The molecule has 2 aromatic rings. The van der Waals surface area contributed by atoms with Crippen LogP contribution in [0.3, 0.4) is 0 Å². The minimum Gasteiger partial charge on any atom is -0.387 e. The minimum absolute atomic E-state index is 0.0897. The van der Waals surface area contributed by atoms with Gasteiger partial charge in [-0.15, -0.1) is 0 Å². The van der Waals surface area contributed by atoms with Gasteiger partial charge in [0.15, 0.2) is 0 Å². The molecule has 1 amide bonds. The maximum absolute atomic E-state index is 11.7. The van der Waals surface area contributed by atoms with Crippen LogP contribution in [0, 0.1) is 6.92 Å². The van der Waals surface area contributed by atoms with E-state index in [-0.39, 0.29) is 12.5 Å². The van der Waals surface area contributed by atoms with Crippen LogP contribution in [0.4, 0.5) is 0 Å². The van der Waals surface area contributed by atoms with Crippen molar-refractivity contribution in [2.24, 2.45) is 0 Å². The quantitative estimate of drug-likeness (QED) is 0.836. The van der Waals surface area contributed by atoms with Crippen molar-refractivity contribution in [3.8, 4) is 0 Å². The molecular formula is C15H19N3O2. The summed E-state index contributed by atoms with van der Waals surface area (Å²) in [5, 5.41) is 16.8. The fourth-order valence-electron chi connectivity index (χ4n) is 2.02. The number of carbonyl (C=O) groups is 1. The number of amides is 1. The molecule has 0 aliphatic carbocycles.